The lowest BCUT2D eigenvalue weighted by molar-refractivity contribution is -0.137. The van der Waals surface area contributed by atoms with Gasteiger partial charge in [0.05, 0.1) is 5.41 Å². The zero-order valence-electron chi connectivity index (χ0n) is 13.7. The first-order valence-corrected chi connectivity index (χ1v) is 8.28. The van der Waals surface area contributed by atoms with E-state index in [0.29, 0.717) is 18.9 Å². The molecule has 0 bridgehead atoms. The van der Waals surface area contributed by atoms with Gasteiger partial charge in [-0.05, 0) is 37.2 Å². The van der Waals surface area contributed by atoms with Crippen LogP contribution in [0.3, 0.4) is 0 Å². The van der Waals surface area contributed by atoms with Crippen molar-refractivity contribution >= 4 is 5.91 Å². The molecule has 122 valence electrons. The van der Waals surface area contributed by atoms with Crippen molar-refractivity contribution in [2.24, 2.45) is 11.3 Å². The molecule has 22 heavy (non-hydrogen) atoms. The molecule has 0 radical (unpaired) electrons. The fourth-order valence-electron chi connectivity index (χ4n) is 3.61. The van der Waals surface area contributed by atoms with Crippen LogP contribution in [-0.2, 0) is 11.2 Å². The summed E-state index contributed by atoms with van der Waals surface area (Å²) in [6.45, 7) is 6.42. The van der Waals surface area contributed by atoms with E-state index in [4.69, 9.17) is 5.21 Å². The molecule has 0 aromatic heterocycles. The van der Waals surface area contributed by atoms with E-state index in [0.717, 1.165) is 32.4 Å². The summed E-state index contributed by atoms with van der Waals surface area (Å²) in [7, 11) is 0. The van der Waals surface area contributed by atoms with Crippen LogP contribution < -0.4 is 5.48 Å². The number of likely N-dealkylation sites (tertiary alicyclic amines) is 1. The van der Waals surface area contributed by atoms with Gasteiger partial charge in [0, 0.05) is 19.6 Å². The van der Waals surface area contributed by atoms with Crippen molar-refractivity contribution in [2.45, 2.75) is 39.5 Å². The number of amides is 1. The zero-order chi connectivity index (χ0) is 16.0. The highest BCUT2D eigenvalue weighted by Gasteiger charge is 2.45. The smallest absolute Gasteiger partial charge is 0.228 e. The van der Waals surface area contributed by atoms with Crippen LogP contribution in [0.2, 0.25) is 0 Å². The first-order valence-electron chi connectivity index (χ1n) is 8.28. The third-order valence-electron chi connectivity index (χ3n) is 4.63. The Hall–Kier alpha value is -1.39. The third-order valence-corrected chi connectivity index (χ3v) is 4.63. The lowest BCUT2D eigenvalue weighted by atomic mass is 9.76. The maximum absolute atomic E-state index is 12.9. The van der Waals surface area contributed by atoms with E-state index in [1.54, 1.807) is 0 Å². The number of hydrogen-bond donors (Lipinski definition) is 2. The van der Waals surface area contributed by atoms with Gasteiger partial charge in [-0.2, -0.15) is 0 Å². The number of benzene rings is 1. The Morgan fingerprint density at radius 1 is 1.32 bits per heavy atom. The van der Waals surface area contributed by atoms with E-state index < -0.39 is 0 Å². The molecular formula is C18H28N2O2. The lowest BCUT2D eigenvalue weighted by Gasteiger charge is -2.29. The first-order chi connectivity index (χ1) is 10.6. The quantitative estimate of drug-likeness (QED) is 0.726. The molecule has 0 saturated carbocycles. The SMILES string of the molecule is CC(C)CC1(CCNO)CCN(CCc2ccccc2)C1=O. The molecule has 0 spiro atoms. The van der Waals surface area contributed by atoms with E-state index in [-0.39, 0.29) is 11.3 Å². The van der Waals surface area contributed by atoms with Crippen molar-refractivity contribution in [1.82, 2.24) is 10.4 Å². The number of carbonyl (C=O) groups excluding carboxylic acids is 1. The summed E-state index contributed by atoms with van der Waals surface area (Å²) in [5, 5.41) is 8.90. The van der Waals surface area contributed by atoms with Crippen LogP contribution in [0.5, 0.6) is 0 Å². The molecule has 2 N–H and O–H groups in total. The average molecular weight is 304 g/mol. The van der Waals surface area contributed by atoms with Gasteiger partial charge in [-0.1, -0.05) is 44.2 Å². The fraction of sp³-hybridized carbons (Fsp3) is 0.611. The molecule has 4 nitrogen and oxygen atoms in total. The van der Waals surface area contributed by atoms with E-state index in [1.807, 2.05) is 23.1 Å². The average Bonchev–Trinajstić information content (AvgIpc) is 2.81. The molecule has 1 aromatic rings. The van der Waals surface area contributed by atoms with Gasteiger partial charge in [0.2, 0.25) is 5.91 Å². The van der Waals surface area contributed by atoms with Crippen LogP contribution >= 0.6 is 0 Å². The second-order valence-electron chi connectivity index (χ2n) is 6.81. The van der Waals surface area contributed by atoms with Crippen molar-refractivity contribution in [2.75, 3.05) is 19.6 Å². The molecule has 1 aromatic carbocycles. The maximum atomic E-state index is 12.9. The van der Waals surface area contributed by atoms with Crippen LogP contribution in [0.4, 0.5) is 0 Å². The minimum atomic E-state index is -0.291. The van der Waals surface area contributed by atoms with Crippen molar-refractivity contribution in [3.05, 3.63) is 35.9 Å². The van der Waals surface area contributed by atoms with Gasteiger partial charge in [-0.15, -0.1) is 0 Å². The molecule has 1 fully saturated rings. The minimum Gasteiger partial charge on any atom is -0.342 e. The second kappa shape index (κ2) is 7.75. The summed E-state index contributed by atoms with van der Waals surface area (Å²) < 4.78 is 0. The monoisotopic (exact) mass is 304 g/mol. The number of rotatable bonds is 8. The third kappa shape index (κ3) is 4.08. The summed E-state index contributed by atoms with van der Waals surface area (Å²) >= 11 is 0. The van der Waals surface area contributed by atoms with Gasteiger partial charge < -0.3 is 10.1 Å². The highest BCUT2D eigenvalue weighted by atomic mass is 16.5. The number of nitrogens with zero attached hydrogens (tertiary/aromatic N) is 1. The molecule has 2 rings (SSSR count). The number of hydroxylamine groups is 1. The second-order valence-corrected chi connectivity index (χ2v) is 6.81. The van der Waals surface area contributed by atoms with Crippen molar-refractivity contribution in [3.8, 4) is 0 Å². The summed E-state index contributed by atoms with van der Waals surface area (Å²) in [4.78, 5) is 14.9. The summed E-state index contributed by atoms with van der Waals surface area (Å²) in [6.07, 6.45) is 3.42. The Morgan fingerprint density at radius 3 is 2.68 bits per heavy atom. The van der Waals surface area contributed by atoms with Crippen molar-refractivity contribution in [1.29, 1.82) is 0 Å². The molecule has 0 aliphatic carbocycles. The van der Waals surface area contributed by atoms with Gasteiger partial charge in [0.15, 0.2) is 0 Å². The van der Waals surface area contributed by atoms with Gasteiger partial charge in [0.25, 0.3) is 0 Å². The molecule has 1 heterocycles. The Morgan fingerprint density at radius 2 is 2.05 bits per heavy atom. The van der Waals surface area contributed by atoms with E-state index in [9.17, 15) is 4.79 Å². The van der Waals surface area contributed by atoms with Gasteiger partial charge in [0.1, 0.15) is 0 Å². The molecule has 1 aliphatic rings. The molecule has 1 unspecified atom stereocenters. The minimum absolute atomic E-state index is 0.271. The number of hydrogen-bond acceptors (Lipinski definition) is 3. The zero-order valence-corrected chi connectivity index (χ0v) is 13.7. The number of carbonyl (C=O) groups is 1. The van der Waals surface area contributed by atoms with Gasteiger partial charge >= 0.3 is 0 Å². The molecule has 4 heteroatoms. The fourth-order valence-corrected chi connectivity index (χ4v) is 3.61. The molecule has 1 atom stereocenters. The van der Waals surface area contributed by atoms with Crippen LogP contribution in [0, 0.1) is 11.3 Å². The van der Waals surface area contributed by atoms with Crippen LogP contribution in [0.1, 0.15) is 38.7 Å². The summed E-state index contributed by atoms with van der Waals surface area (Å²) in [5.41, 5.74) is 3.20. The predicted octanol–water partition coefficient (Wildman–Crippen LogP) is 2.86. The maximum Gasteiger partial charge on any atom is 0.228 e. The van der Waals surface area contributed by atoms with Crippen molar-refractivity contribution in [3.63, 3.8) is 0 Å². The van der Waals surface area contributed by atoms with Crippen molar-refractivity contribution < 1.29 is 10.0 Å². The highest BCUT2D eigenvalue weighted by Crippen LogP contribution is 2.40. The summed E-state index contributed by atoms with van der Waals surface area (Å²) in [5.74, 6) is 0.754. The molecule has 1 aliphatic heterocycles. The van der Waals surface area contributed by atoms with Crippen LogP contribution in [0.25, 0.3) is 0 Å². The molecule has 1 amide bonds. The Bertz CT molecular complexity index is 475. The highest BCUT2D eigenvalue weighted by molar-refractivity contribution is 5.84. The van der Waals surface area contributed by atoms with E-state index in [1.165, 1.54) is 5.56 Å². The molecule has 1 saturated heterocycles. The Balaban J connectivity index is 1.99. The Labute approximate surface area is 133 Å². The standard InChI is InChI=1S/C18H28N2O2/c1-15(2)14-18(9-11-19-22)10-13-20(17(18)21)12-8-16-6-4-3-5-7-16/h3-7,15,19,22H,8-14H2,1-2H3. The largest absolute Gasteiger partial charge is 0.342 e. The lowest BCUT2D eigenvalue weighted by Crippen LogP contribution is -2.38. The molecular weight excluding hydrogens is 276 g/mol. The van der Waals surface area contributed by atoms with Gasteiger partial charge in [-0.3, -0.25) is 4.79 Å². The Kier molecular flexibility index (Phi) is 5.98. The predicted molar refractivity (Wildman–Crippen MR) is 87.6 cm³/mol. The number of nitrogens with one attached hydrogen (secondary N) is 1. The first kappa shape index (κ1) is 17.0. The van der Waals surface area contributed by atoms with E-state index in [2.05, 4.69) is 31.5 Å². The summed E-state index contributed by atoms with van der Waals surface area (Å²) in [6, 6.07) is 10.3. The normalized spacial score (nSPS) is 21.8. The van der Waals surface area contributed by atoms with E-state index >= 15 is 0 Å². The van der Waals surface area contributed by atoms with Gasteiger partial charge in [-0.25, -0.2) is 5.48 Å². The van der Waals surface area contributed by atoms with Crippen LogP contribution in [0.15, 0.2) is 30.3 Å². The topological polar surface area (TPSA) is 52.6 Å². The van der Waals surface area contributed by atoms with Crippen LogP contribution in [-0.4, -0.2) is 35.6 Å².